The van der Waals surface area contributed by atoms with Crippen molar-refractivity contribution in [2.24, 2.45) is 0 Å². The Morgan fingerprint density at radius 3 is 2.47 bits per heavy atom. The average molecular weight is 438 g/mol. The summed E-state index contributed by atoms with van der Waals surface area (Å²) in [5.41, 5.74) is 1.18. The quantitative estimate of drug-likeness (QED) is 0.308. The minimum absolute atomic E-state index is 0.00325. The number of carbonyl (C=O) groups excluding carboxylic acids is 2. The first kappa shape index (κ1) is 23.0. The highest BCUT2D eigenvalue weighted by molar-refractivity contribution is 6.07. The molecule has 1 N–H and O–H groups in total. The second-order valence-electron chi connectivity index (χ2n) is 7.28. The number of rotatable bonds is 9. The Balaban J connectivity index is 1.80. The van der Waals surface area contributed by atoms with Crippen LogP contribution in [0.5, 0.6) is 0 Å². The first-order chi connectivity index (χ1) is 15.4. The molecule has 0 saturated heterocycles. The minimum Gasteiger partial charge on any atom is -0.465 e. The number of carbonyl (C=O) groups is 2. The molecule has 3 rings (SSSR count). The van der Waals surface area contributed by atoms with Crippen LogP contribution in [0.15, 0.2) is 48.7 Å². The fourth-order valence-corrected chi connectivity index (χ4v) is 3.55. The number of benzene rings is 2. The molecule has 3 aromatic rings. The minimum atomic E-state index is -0.754. The van der Waals surface area contributed by atoms with Crippen molar-refractivity contribution in [2.75, 3.05) is 32.1 Å². The highest BCUT2D eigenvalue weighted by atomic mass is 16.6. The van der Waals surface area contributed by atoms with E-state index < -0.39 is 16.8 Å². The van der Waals surface area contributed by atoms with Gasteiger partial charge in [-0.3, -0.25) is 14.9 Å². The number of esters is 1. The number of nitrogens with one attached hydrogen (secondary N) is 1. The molecule has 0 atom stereocenters. The molecule has 0 fully saturated rings. The molecular formula is C23H26N4O5. The fourth-order valence-electron chi connectivity index (χ4n) is 3.55. The monoisotopic (exact) mass is 438 g/mol. The fraction of sp³-hybridized carbons (Fsp3) is 0.304. The molecule has 32 heavy (non-hydrogen) atoms. The van der Waals surface area contributed by atoms with Crippen LogP contribution in [0.3, 0.4) is 0 Å². The highest BCUT2D eigenvalue weighted by Crippen LogP contribution is 2.23. The van der Waals surface area contributed by atoms with Crippen LogP contribution in [-0.2, 0) is 11.3 Å². The number of hydrogen-bond acceptors (Lipinski definition) is 6. The second-order valence-corrected chi connectivity index (χ2v) is 7.28. The van der Waals surface area contributed by atoms with Crippen molar-refractivity contribution in [3.05, 3.63) is 69.9 Å². The third-order valence-corrected chi connectivity index (χ3v) is 5.39. The first-order valence-electron chi connectivity index (χ1n) is 10.4. The van der Waals surface area contributed by atoms with Crippen LogP contribution in [0.4, 0.5) is 11.4 Å². The number of ether oxygens (including phenoxy) is 1. The van der Waals surface area contributed by atoms with E-state index in [-0.39, 0.29) is 16.8 Å². The van der Waals surface area contributed by atoms with Crippen LogP contribution in [0.1, 0.15) is 34.6 Å². The summed E-state index contributed by atoms with van der Waals surface area (Å²) in [6.45, 7) is 8.09. The summed E-state index contributed by atoms with van der Waals surface area (Å²) < 4.78 is 6.79. The van der Waals surface area contributed by atoms with Crippen LogP contribution in [0.25, 0.3) is 10.9 Å². The number of nitro benzene ring substituents is 1. The van der Waals surface area contributed by atoms with E-state index in [1.807, 2.05) is 24.4 Å². The van der Waals surface area contributed by atoms with E-state index in [4.69, 9.17) is 0 Å². The van der Waals surface area contributed by atoms with Crippen molar-refractivity contribution in [1.29, 1.82) is 0 Å². The lowest BCUT2D eigenvalue weighted by molar-refractivity contribution is -0.384. The maximum absolute atomic E-state index is 12.7. The summed E-state index contributed by atoms with van der Waals surface area (Å²) in [4.78, 5) is 37.5. The van der Waals surface area contributed by atoms with E-state index in [0.717, 1.165) is 49.2 Å². The molecule has 0 aliphatic heterocycles. The van der Waals surface area contributed by atoms with Gasteiger partial charge in [0.2, 0.25) is 0 Å². The van der Waals surface area contributed by atoms with Gasteiger partial charge in [0, 0.05) is 53.6 Å². The number of amides is 1. The molecule has 1 heterocycles. The highest BCUT2D eigenvalue weighted by Gasteiger charge is 2.18. The molecule has 0 bridgehead atoms. The maximum Gasteiger partial charge on any atom is 0.338 e. The number of non-ortho nitro benzene ring substituents is 1. The van der Waals surface area contributed by atoms with Gasteiger partial charge in [-0.25, -0.2) is 4.79 Å². The Kier molecular flexibility index (Phi) is 7.21. The van der Waals surface area contributed by atoms with Crippen molar-refractivity contribution < 1.29 is 19.2 Å². The standard InChI is InChI=1S/C23H26N4O5/c1-4-25(5-2)10-11-26-9-8-16-13-19(6-7-21(16)26)24-22(28)17-12-18(23(29)32-3)15-20(14-17)27(30)31/h6-9,12-15H,4-5,10-11H2,1-3H3,(H,24,28). The zero-order valence-electron chi connectivity index (χ0n) is 18.3. The maximum atomic E-state index is 12.7. The summed E-state index contributed by atoms with van der Waals surface area (Å²) >= 11 is 0. The number of hydrogen-bond donors (Lipinski definition) is 1. The van der Waals surface area contributed by atoms with Crippen LogP contribution in [0, 0.1) is 10.1 Å². The Labute approximate surface area is 185 Å². The lowest BCUT2D eigenvalue weighted by Gasteiger charge is -2.18. The van der Waals surface area contributed by atoms with E-state index >= 15 is 0 Å². The lowest BCUT2D eigenvalue weighted by atomic mass is 10.1. The average Bonchev–Trinajstić information content (AvgIpc) is 3.21. The molecule has 9 nitrogen and oxygen atoms in total. The summed E-state index contributed by atoms with van der Waals surface area (Å²) in [6.07, 6.45) is 2.02. The Morgan fingerprint density at radius 2 is 1.81 bits per heavy atom. The predicted octanol–water partition coefficient (Wildman–Crippen LogP) is 3.93. The first-order valence-corrected chi connectivity index (χ1v) is 10.4. The van der Waals surface area contributed by atoms with Gasteiger partial charge in [-0.2, -0.15) is 0 Å². The zero-order valence-corrected chi connectivity index (χ0v) is 18.3. The number of nitrogens with zero attached hydrogens (tertiary/aromatic N) is 3. The van der Waals surface area contributed by atoms with Gasteiger partial charge in [-0.1, -0.05) is 13.8 Å². The van der Waals surface area contributed by atoms with Gasteiger partial charge >= 0.3 is 5.97 Å². The molecule has 1 amide bonds. The number of methoxy groups -OCH3 is 1. The molecule has 2 aromatic carbocycles. The van der Waals surface area contributed by atoms with Crippen LogP contribution < -0.4 is 5.32 Å². The zero-order chi connectivity index (χ0) is 23.3. The van der Waals surface area contributed by atoms with Crippen molar-refractivity contribution in [3.8, 4) is 0 Å². The van der Waals surface area contributed by atoms with E-state index in [9.17, 15) is 19.7 Å². The van der Waals surface area contributed by atoms with Gasteiger partial charge in [0.1, 0.15) is 0 Å². The number of aromatic nitrogens is 1. The van der Waals surface area contributed by atoms with Gasteiger partial charge in [0.05, 0.1) is 17.6 Å². The Hall–Kier alpha value is -3.72. The van der Waals surface area contributed by atoms with Crippen molar-refractivity contribution >= 4 is 34.2 Å². The molecule has 0 spiro atoms. The van der Waals surface area contributed by atoms with E-state index in [0.29, 0.717) is 5.69 Å². The largest absolute Gasteiger partial charge is 0.465 e. The molecule has 0 unspecified atom stereocenters. The van der Waals surface area contributed by atoms with Gasteiger partial charge in [0.15, 0.2) is 0 Å². The molecule has 1 aromatic heterocycles. The van der Waals surface area contributed by atoms with Crippen molar-refractivity contribution in [1.82, 2.24) is 9.47 Å². The van der Waals surface area contributed by atoms with E-state index in [1.54, 1.807) is 6.07 Å². The summed E-state index contributed by atoms with van der Waals surface area (Å²) in [7, 11) is 1.17. The molecular weight excluding hydrogens is 412 g/mol. The number of nitro groups is 1. The molecule has 168 valence electrons. The van der Waals surface area contributed by atoms with Crippen LogP contribution in [-0.4, -0.2) is 53.0 Å². The smallest absolute Gasteiger partial charge is 0.338 e. The second kappa shape index (κ2) is 10.1. The molecule has 0 saturated carbocycles. The number of fused-ring (bicyclic) bond motifs is 1. The summed E-state index contributed by atoms with van der Waals surface area (Å²) in [6, 6.07) is 11.0. The normalized spacial score (nSPS) is 11.0. The van der Waals surface area contributed by atoms with Crippen LogP contribution in [0.2, 0.25) is 0 Å². The summed E-state index contributed by atoms with van der Waals surface area (Å²) in [5.74, 6) is -1.31. The van der Waals surface area contributed by atoms with Gasteiger partial charge in [0.25, 0.3) is 11.6 Å². The Morgan fingerprint density at radius 1 is 1.09 bits per heavy atom. The molecule has 0 radical (unpaired) electrons. The third kappa shape index (κ3) is 5.12. The van der Waals surface area contributed by atoms with Gasteiger partial charge in [-0.05, 0) is 43.4 Å². The topological polar surface area (TPSA) is 107 Å². The molecule has 0 aliphatic carbocycles. The Bertz CT molecular complexity index is 1150. The number of anilines is 1. The molecule has 9 heteroatoms. The van der Waals surface area contributed by atoms with Gasteiger partial charge in [-0.15, -0.1) is 0 Å². The predicted molar refractivity (Wildman–Crippen MR) is 122 cm³/mol. The van der Waals surface area contributed by atoms with Gasteiger partial charge < -0.3 is 19.5 Å². The van der Waals surface area contributed by atoms with E-state index in [1.165, 1.54) is 13.2 Å². The third-order valence-electron chi connectivity index (χ3n) is 5.39. The molecule has 0 aliphatic rings. The van der Waals surface area contributed by atoms with Crippen LogP contribution >= 0.6 is 0 Å². The lowest BCUT2D eigenvalue weighted by Crippen LogP contribution is -2.26. The van der Waals surface area contributed by atoms with Crippen molar-refractivity contribution in [3.63, 3.8) is 0 Å². The summed E-state index contributed by atoms with van der Waals surface area (Å²) in [5, 5.41) is 14.9. The van der Waals surface area contributed by atoms with Crippen molar-refractivity contribution in [2.45, 2.75) is 20.4 Å². The van der Waals surface area contributed by atoms with E-state index in [2.05, 4.69) is 33.4 Å². The number of likely N-dealkylation sites (N-methyl/N-ethyl adjacent to an activating group) is 1. The SMILES string of the molecule is CCN(CC)CCn1ccc2cc(NC(=O)c3cc(C(=O)OC)cc([N+](=O)[O-])c3)ccc21.